The van der Waals surface area contributed by atoms with Gasteiger partial charge in [-0.1, -0.05) is 12.1 Å². The molecule has 0 heterocycles. The summed E-state index contributed by atoms with van der Waals surface area (Å²) in [6, 6.07) is 5.58. The zero-order valence-electron chi connectivity index (χ0n) is 16.0. The van der Waals surface area contributed by atoms with Crippen LogP contribution in [0.15, 0.2) is 18.2 Å². The third-order valence-corrected chi connectivity index (χ3v) is 3.89. The number of carbonyl (C=O) groups excluding carboxylic acids is 3. The molecule has 0 spiro atoms. The Balaban J connectivity index is 3.16. The molecular formula is C19H27NO6. The molecule has 7 heteroatoms. The maximum Gasteiger partial charge on any atom is 0.343 e. The molecular weight excluding hydrogens is 338 g/mol. The van der Waals surface area contributed by atoms with Crippen LogP contribution in [0.1, 0.15) is 38.3 Å². The molecule has 26 heavy (non-hydrogen) atoms. The van der Waals surface area contributed by atoms with E-state index in [1.54, 1.807) is 21.0 Å². The van der Waals surface area contributed by atoms with Crippen LogP contribution in [0.4, 0.5) is 0 Å². The van der Waals surface area contributed by atoms with Gasteiger partial charge in [-0.05, 0) is 50.8 Å². The van der Waals surface area contributed by atoms with E-state index < -0.39 is 23.4 Å². The normalized spacial score (nSPS) is 10.8. The van der Waals surface area contributed by atoms with Crippen molar-refractivity contribution < 1.29 is 28.6 Å². The maximum absolute atomic E-state index is 12.5. The summed E-state index contributed by atoms with van der Waals surface area (Å²) in [7, 11) is 1.59. The summed E-state index contributed by atoms with van der Waals surface area (Å²) in [5.74, 6) is -1.41. The van der Waals surface area contributed by atoms with Crippen molar-refractivity contribution in [1.82, 2.24) is 5.32 Å². The van der Waals surface area contributed by atoms with Gasteiger partial charge in [-0.3, -0.25) is 4.79 Å². The van der Waals surface area contributed by atoms with Gasteiger partial charge in [0.05, 0.1) is 20.3 Å². The molecule has 0 bridgehead atoms. The fourth-order valence-electron chi connectivity index (χ4n) is 2.69. The molecule has 1 N–H and O–H groups in total. The first-order valence-corrected chi connectivity index (χ1v) is 8.57. The van der Waals surface area contributed by atoms with Crippen LogP contribution < -0.4 is 10.1 Å². The minimum absolute atomic E-state index is 0.0238. The van der Waals surface area contributed by atoms with Crippen LogP contribution in [0, 0.1) is 6.92 Å². The molecule has 1 amide bonds. The Hall–Kier alpha value is -2.57. The van der Waals surface area contributed by atoms with Gasteiger partial charge in [0.15, 0.2) is 0 Å². The van der Waals surface area contributed by atoms with Crippen molar-refractivity contribution in [3.05, 3.63) is 29.3 Å². The number of nitrogens with one attached hydrogen (secondary N) is 1. The third-order valence-electron chi connectivity index (χ3n) is 3.89. The van der Waals surface area contributed by atoms with E-state index in [-0.39, 0.29) is 19.6 Å². The topological polar surface area (TPSA) is 90.9 Å². The lowest BCUT2D eigenvalue weighted by molar-refractivity contribution is -0.168. The lowest BCUT2D eigenvalue weighted by Crippen LogP contribution is -2.61. The van der Waals surface area contributed by atoms with E-state index in [4.69, 9.17) is 14.2 Å². The molecule has 0 radical (unpaired) electrons. The van der Waals surface area contributed by atoms with Gasteiger partial charge in [-0.15, -0.1) is 0 Å². The average molecular weight is 365 g/mol. The molecule has 0 aromatic heterocycles. The average Bonchev–Trinajstić information content (AvgIpc) is 2.58. The Morgan fingerprint density at radius 2 is 1.65 bits per heavy atom. The Labute approximate surface area is 154 Å². The maximum atomic E-state index is 12.5. The number of rotatable bonds is 9. The number of benzene rings is 1. The molecule has 144 valence electrons. The molecule has 0 fully saturated rings. The van der Waals surface area contributed by atoms with Crippen molar-refractivity contribution in [2.75, 3.05) is 20.3 Å². The monoisotopic (exact) mass is 365 g/mol. The predicted octanol–water partition coefficient (Wildman–Crippen LogP) is 1.94. The quantitative estimate of drug-likeness (QED) is 0.531. The van der Waals surface area contributed by atoms with Gasteiger partial charge in [0.25, 0.3) is 0 Å². The standard InChI is InChI=1S/C19H27NO6/c1-6-25-17(22)19(20-14(4)21,18(23)26-7-2)11-10-15-8-9-16(24-5)13(3)12-15/h8-9,12H,6-7,10-11H2,1-5H3,(H,20,21). The van der Waals surface area contributed by atoms with E-state index >= 15 is 0 Å². The van der Waals surface area contributed by atoms with Crippen molar-refractivity contribution in [1.29, 1.82) is 0 Å². The van der Waals surface area contributed by atoms with Crippen molar-refractivity contribution in [2.45, 2.75) is 46.1 Å². The largest absolute Gasteiger partial charge is 0.496 e. The van der Waals surface area contributed by atoms with Gasteiger partial charge in [-0.2, -0.15) is 0 Å². The summed E-state index contributed by atoms with van der Waals surface area (Å²) in [4.78, 5) is 36.8. The molecule has 0 aliphatic heterocycles. The highest BCUT2D eigenvalue weighted by Crippen LogP contribution is 2.23. The summed E-state index contributed by atoms with van der Waals surface area (Å²) in [5, 5.41) is 2.46. The van der Waals surface area contributed by atoms with Crippen molar-refractivity contribution in [2.24, 2.45) is 0 Å². The minimum atomic E-state index is -1.87. The molecule has 1 aromatic carbocycles. The van der Waals surface area contributed by atoms with Crippen molar-refractivity contribution >= 4 is 17.8 Å². The molecule has 0 atom stereocenters. The molecule has 0 aliphatic carbocycles. The Bertz CT molecular complexity index is 637. The van der Waals surface area contributed by atoms with Gasteiger partial charge in [0, 0.05) is 6.92 Å². The second-order valence-corrected chi connectivity index (χ2v) is 5.83. The number of amides is 1. The zero-order chi connectivity index (χ0) is 19.7. The first kappa shape index (κ1) is 21.5. The molecule has 7 nitrogen and oxygen atoms in total. The van der Waals surface area contributed by atoms with Gasteiger partial charge in [0.1, 0.15) is 5.75 Å². The number of esters is 2. The van der Waals surface area contributed by atoms with Crippen LogP contribution in [0.3, 0.4) is 0 Å². The van der Waals surface area contributed by atoms with Crippen LogP contribution >= 0.6 is 0 Å². The number of carbonyl (C=O) groups is 3. The van der Waals surface area contributed by atoms with Gasteiger partial charge >= 0.3 is 11.9 Å². The number of ether oxygens (including phenoxy) is 3. The van der Waals surface area contributed by atoms with E-state index in [2.05, 4.69) is 5.32 Å². The molecule has 0 saturated carbocycles. The number of hydrogen-bond donors (Lipinski definition) is 1. The minimum Gasteiger partial charge on any atom is -0.496 e. The summed E-state index contributed by atoms with van der Waals surface area (Å²) in [6.45, 7) is 6.58. The summed E-state index contributed by atoms with van der Waals surface area (Å²) < 4.78 is 15.3. The highest BCUT2D eigenvalue weighted by molar-refractivity contribution is 6.07. The number of methoxy groups -OCH3 is 1. The highest BCUT2D eigenvalue weighted by atomic mass is 16.6. The molecule has 0 unspecified atom stereocenters. The second-order valence-electron chi connectivity index (χ2n) is 5.83. The fourth-order valence-corrected chi connectivity index (χ4v) is 2.69. The van der Waals surface area contributed by atoms with Crippen molar-refractivity contribution in [3.8, 4) is 5.75 Å². The van der Waals surface area contributed by atoms with Crippen LogP contribution in [0.2, 0.25) is 0 Å². The van der Waals surface area contributed by atoms with Crippen LogP contribution in [0.5, 0.6) is 5.75 Å². The van der Waals surface area contributed by atoms with Crippen LogP contribution in [0.25, 0.3) is 0 Å². The predicted molar refractivity (Wildman–Crippen MR) is 95.9 cm³/mol. The van der Waals surface area contributed by atoms with E-state index in [9.17, 15) is 14.4 Å². The summed E-state index contributed by atoms with van der Waals surface area (Å²) in [6.07, 6.45) is 0.388. The Morgan fingerprint density at radius 1 is 1.08 bits per heavy atom. The van der Waals surface area contributed by atoms with Crippen LogP contribution in [-0.4, -0.2) is 43.7 Å². The highest BCUT2D eigenvalue weighted by Gasteiger charge is 2.49. The number of hydrogen-bond acceptors (Lipinski definition) is 6. The summed E-state index contributed by atoms with van der Waals surface area (Å²) >= 11 is 0. The first-order chi connectivity index (χ1) is 12.3. The van der Waals surface area contributed by atoms with E-state index in [0.29, 0.717) is 6.42 Å². The molecule has 0 aliphatic rings. The first-order valence-electron chi connectivity index (χ1n) is 8.57. The van der Waals surface area contributed by atoms with Gasteiger partial charge < -0.3 is 19.5 Å². The van der Waals surface area contributed by atoms with Crippen molar-refractivity contribution in [3.63, 3.8) is 0 Å². The van der Waals surface area contributed by atoms with Crippen LogP contribution in [-0.2, 0) is 30.3 Å². The van der Waals surface area contributed by atoms with Gasteiger partial charge in [-0.25, -0.2) is 9.59 Å². The van der Waals surface area contributed by atoms with E-state index in [1.807, 2.05) is 25.1 Å². The number of aryl methyl sites for hydroxylation is 2. The molecule has 1 aromatic rings. The van der Waals surface area contributed by atoms with E-state index in [1.165, 1.54) is 6.92 Å². The zero-order valence-corrected chi connectivity index (χ0v) is 16.0. The smallest absolute Gasteiger partial charge is 0.343 e. The third kappa shape index (κ3) is 5.21. The lowest BCUT2D eigenvalue weighted by Gasteiger charge is -2.29. The fraction of sp³-hybridized carbons (Fsp3) is 0.526. The van der Waals surface area contributed by atoms with E-state index in [0.717, 1.165) is 16.9 Å². The molecule has 1 rings (SSSR count). The second kappa shape index (κ2) is 9.79. The lowest BCUT2D eigenvalue weighted by atomic mass is 9.90. The molecule has 0 saturated heterocycles. The Morgan fingerprint density at radius 3 is 2.08 bits per heavy atom. The summed E-state index contributed by atoms with van der Waals surface area (Å²) in [5.41, 5.74) is -0.0416. The SMILES string of the molecule is CCOC(=O)C(CCc1ccc(OC)c(C)c1)(NC(C)=O)C(=O)OCC. The Kier molecular flexibility index (Phi) is 8.09. The van der Waals surface area contributed by atoms with Gasteiger partial charge in [0.2, 0.25) is 11.4 Å².